The second kappa shape index (κ2) is 29.8. The summed E-state index contributed by atoms with van der Waals surface area (Å²) < 4.78 is 32.4. The van der Waals surface area contributed by atoms with E-state index in [0.29, 0.717) is 6.42 Å². The third-order valence-electron chi connectivity index (χ3n) is 6.90. The van der Waals surface area contributed by atoms with Crippen LogP contribution in [-0.2, 0) is 32.7 Å². The van der Waals surface area contributed by atoms with Gasteiger partial charge in [0, 0.05) is 19.4 Å². The first-order chi connectivity index (χ1) is 20.3. The number of carbonyl (C=O) groups excluding carboxylic acids is 2. The maximum absolute atomic E-state index is 12.4. The Hall–Kier alpha value is -1.25. The monoisotopic (exact) mass is 619 g/mol. The van der Waals surface area contributed by atoms with Crippen LogP contribution in [0.15, 0.2) is 12.2 Å². The molecule has 2 atom stereocenters. The van der Waals surface area contributed by atoms with Gasteiger partial charge >= 0.3 is 19.8 Å². The van der Waals surface area contributed by atoms with E-state index < -0.39 is 26.5 Å². The van der Waals surface area contributed by atoms with Crippen molar-refractivity contribution >= 4 is 19.8 Å². The highest BCUT2D eigenvalue weighted by Crippen LogP contribution is 2.43. The van der Waals surface area contributed by atoms with Crippen LogP contribution >= 0.6 is 7.82 Å². The summed E-state index contributed by atoms with van der Waals surface area (Å²) in [6, 6.07) is 0. The molecule has 0 aromatic carbocycles. The van der Waals surface area contributed by atoms with Crippen molar-refractivity contribution in [1.29, 1.82) is 0 Å². The summed E-state index contributed by atoms with van der Waals surface area (Å²) in [5.41, 5.74) is 5.30. The van der Waals surface area contributed by atoms with Crippen molar-refractivity contribution in [3.8, 4) is 0 Å². The lowest BCUT2D eigenvalue weighted by Crippen LogP contribution is -2.29. The van der Waals surface area contributed by atoms with E-state index in [1.54, 1.807) is 0 Å². The predicted octanol–water partition coefficient (Wildman–Crippen LogP) is 8.32. The van der Waals surface area contributed by atoms with Crippen LogP contribution < -0.4 is 5.73 Å². The number of phosphoric acid groups is 1. The second-order valence-electron chi connectivity index (χ2n) is 11.0. The zero-order valence-electron chi connectivity index (χ0n) is 26.7. The molecule has 0 spiro atoms. The average molecular weight is 620 g/mol. The molecule has 0 radical (unpaired) electrons. The molecule has 0 heterocycles. The van der Waals surface area contributed by atoms with Crippen LogP contribution in [0.1, 0.15) is 149 Å². The SMILES string of the molecule is CCCCCC/C=C/CCCCCCCC(=O)O[C@H](COC(=O)CCCCCCCCCC)COP(=O)(O)OCCN. The van der Waals surface area contributed by atoms with Crippen LogP contribution in [0.3, 0.4) is 0 Å². The molecule has 1 unspecified atom stereocenters. The third kappa shape index (κ3) is 28.9. The highest BCUT2D eigenvalue weighted by molar-refractivity contribution is 7.47. The first-order valence-corrected chi connectivity index (χ1v) is 18.2. The van der Waals surface area contributed by atoms with Gasteiger partial charge in [0.05, 0.1) is 13.2 Å². The van der Waals surface area contributed by atoms with E-state index in [9.17, 15) is 19.0 Å². The van der Waals surface area contributed by atoms with Gasteiger partial charge in [0.25, 0.3) is 0 Å². The topological polar surface area (TPSA) is 134 Å². The summed E-state index contributed by atoms with van der Waals surface area (Å²) in [5, 5.41) is 0. The van der Waals surface area contributed by atoms with Crippen LogP contribution in [0.5, 0.6) is 0 Å². The Morgan fingerprint density at radius 2 is 1.17 bits per heavy atom. The standard InChI is InChI=1S/C32H62NO8P/c1-3-5-7-9-11-13-14-15-16-17-19-21-23-25-32(35)41-30(29-40-42(36,37)39-27-26-33)28-38-31(34)24-22-20-18-12-10-8-6-4-2/h13-14,30H,3-12,15-29,33H2,1-2H3,(H,36,37)/b14-13+/t30-/m1/s1. The number of unbranched alkanes of at least 4 members (excludes halogenated alkanes) is 16. The van der Waals surface area contributed by atoms with Gasteiger partial charge in [-0.3, -0.25) is 18.6 Å². The molecule has 0 aliphatic heterocycles. The molecule has 248 valence electrons. The van der Waals surface area contributed by atoms with E-state index in [2.05, 4.69) is 26.0 Å². The molecule has 42 heavy (non-hydrogen) atoms. The minimum absolute atomic E-state index is 0.0541. The van der Waals surface area contributed by atoms with Gasteiger partial charge in [0.1, 0.15) is 6.61 Å². The molecule has 0 saturated carbocycles. The number of allylic oxidation sites excluding steroid dienone is 2. The van der Waals surface area contributed by atoms with Crippen LogP contribution in [0.2, 0.25) is 0 Å². The van der Waals surface area contributed by atoms with E-state index >= 15 is 0 Å². The predicted molar refractivity (Wildman–Crippen MR) is 169 cm³/mol. The summed E-state index contributed by atoms with van der Waals surface area (Å²) >= 11 is 0. The highest BCUT2D eigenvalue weighted by Gasteiger charge is 2.25. The number of ether oxygens (including phenoxy) is 2. The van der Waals surface area contributed by atoms with Crippen LogP contribution in [-0.4, -0.2) is 49.3 Å². The minimum atomic E-state index is -4.36. The van der Waals surface area contributed by atoms with Crippen molar-refractivity contribution in [2.45, 2.75) is 155 Å². The largest absolute Gasteiger partial charge is 0.472 e. The van der Waals surface area contributed by atoms with Gasteiger partial charge in [0.2, 0.25) is 0 Å². The molecular formula is C32H62NO8P. The molecule has 0 aromatic rings. The fraction of sp³-hybridized carbons (Fsp3) is 0.875. The number of hydrogen-bond acceptors (Lipinski definition) is 8. The fourth-order valence-electron chi connectivity index (χ4n) is 4.39. The molecule has 0 aromatic heterocycles. The van der Waals surface area contributed by atoms with Gasteiger partial charge in [-0.2, -0.15) is 0 Å². The first kappa shape index (κ1) is 40.8. The summed E-state index contributed by atoms with van der Waals surface area (Å²) in [5.74, 6) is -0.843. The molecule has 0 aliphatic carbocycles. The third-order valence-corrected chi connectivity index (χ3v) is 7.89. The zero-order valence-corrected chi connectivity index (χ0v) is 27.6. The number of rotatable bonds is 31. The summed E-state index contributed by atoms with van der Waals surface area (Å²) in [6.45, 7) is 3.65. The molecule has 0 amide bonds. The molecule has 3 N–H and O–H groups in total. The van der Waals surface area contributed by atoms with Gasteiger partial charge < -0.3 is 20.1 Å². The van der Waals surface area contributed by atoms with Gasteiger partial charge in [-0.15, -0.1) is 0 Å². The lowest BCUT2D eigenvalue weighted by Gasteiger charge is -2.19. The number of nitrogens with two attached hydrogens (primary N) is 1. The molecule has 0 saturated heterocycles. The van der Waals surface area contributed by atoms with Gasteiger partial charge in [-0.1, -0.05) is 109 Å². The van der Waals surface area contributed by atoms with E-state index in [1.807, 2.05) is 0 Å². The van der Waals surface area contributed by atoms with E-state index in [0.717, 1.165) is 51.4 Å². The fourth-order valence-corrected chi connectivity index (χ4v) is 5.16. The molecule has 0 aliphatic rings. The number of carbonyl (C=O) groups is 2. The van der Waals surface area contributed by atoms with E-state index in [-0.39, 0.29) is 38.6 Å². The lowest BCUT2D eigenvalue weighted by molar-refractivity contribution is -0.161. The van der Waals surface area contributed by atoms with Gasteiger partial charge in [-0.25, -0.2) is 4.57 Å². The van der Waals surface area contributed by atoms with Crippen LogP contribution in [0.25, 0.3) is 0 Å². The van der Waals surface area contributed by atoms with Gasteiger partial charge in [0.15, 0.2) is 6.10 Å². The maximum Gasteiger partial charge on any atom is 0.472 e. The van der Waals surface area contributed by atoms with Crippen molar-refractivity contribution < 1.29 is 37.6 Å². The Morgan fingerprint density at radius 1 is 0.690 bits per heavy atom. The molecule has 0 bridgehead atoms. The molecule has 0 rings (SSSR count). The molecule has 10 heteroatoms. The maximum atomic E-state index is 12.4. The minimum Gasteiger partial charge on any atom is -0.462 e. The summed E-state index contributed by atoms with van der Waals surface area (Å²) in [7, 11) is -4.36. The Morgan fingerprint density at radius 3 is 1.71 bits per heavy atom. The van der Waals surface area contributed by atoms with Crippen molar-refractivity contribution in [2.24, 2.45) is 5.73 Å². The summed E-state index contributed by atoms with van der Waals surface area (Å²) in [6.07, 6.45) is 25.4. The van der Waals surface area contributed by atoms with Crippen LogP contribution in [0.4, 0.5) is 0 Å². The first-order valence-electron chi connectivity index (χ1n) is 16.7. The van der Waals surface area contributed by atoms with Crippen LogP contribution in [0, 0.1) is 0 Å². The number of hydrogen-bond donors (Lipinski definition) is 2. The van der Waals surface area contributed by atoms with Crippen molar-refractivity contribution in [3.63, 3.8) is 0 Å². The zero-order chi connectivity index (χ0) is 31.2. The normalized spacial score (nSPS) is 13.7. The van der Waals surface area contributed by atoms with E-state index in [4.69, 9.17) is 24.3 Å². The number of esters is 2. The highest BCUT2D eigenvalue weighted by atomic mass is 31.2. The van der Waals surface area contributed by atoms with Crippen molar-refractivity contribution in [2.75, 3.05) is 26.4 Å². The Kier molecular flexibility index (Phi) is 28.9. The quantitative estimate of drug-likeness (QED) is 0.0340. The Bertz CT molecular complexity index is 719. The Balaban J connectivity index is 4.30. The molecule has 0 fully saturated rings. The Labute approximate surface area is 256 Å². The van der Waals surface area contributed by atoms with Crippen molar-refractivity contribution in [1.82, 2.24) is 0 Å². The van der Waals surface area contributed by atoms with E-state index in [1.165, 1.54) is 64.2 Å². The van der Waals surface area contributed by atoms with Crippen molar-refractivity contribution in [3.05, 3.63) is 12.2 Å². The second-order valence-corrected chi connectivity index (χ2v) is 12.5. The molecular weight excluding hydrogens is 557 g/mol. The van der Waals surface area contributed by atoms with Gasteiger partial charge in [-0.05, 0) is 38.5 Å². The average Bonchev–Trinajstić information content (AvgIpc) is 2.97. The smallest absolute Gasteiger partial charge is 0.462 e. The number of phosphoric ester groups is 1. The molecule has 9 nitrogen and oxygen atoms in total. The lowest BCUT2D eigenvalue weighted by atomic mass is 10.1. The summed E-state index contributed by atoms with van der Waals surface area (Å²) in [4.78, 5) is 34.4.